The summed E-state index contributed by atoms with van der Waals surface area (Å²) in [5, 5.41) is 12.5. The van der Waals surface area contributed by atoms with Crippen molar-refractivity contribution in [2.45, 2.75) is 95.2 Å². The van der Waals surface area contributed by atoms with E-state index in [4.69, 9.17) is 0 Å². The van der Waals surface area contributed by atoms with Crippen molar-refractivity contribution < 1.29 is 27.6 Å². The Morgan fingerprint density at radius 2 is 0.701 bits per heavy atom. The first-order valence-electron chi connectivity index (χ1n) is 30.4. The largest absolute Gasteiger partial charge is 0.353 e. The van der Waals surface area contributed by atoms with E-state index in [9.17, 15) is 27.6 Å². The third-order valence-corrected chi connectivity index (χ3v) is 18.3. The Morgan fingerprint density at radius 1 is 0.391 bits per heavy atom. The minimum atomic E-state index is -0.328. The van der Waals surface area contributed by atoms with Crippen molar-refractivity contribution in [3.8, 4) is 0 Å². The van der Waals surface area contributed by atoms with Gasteiger partial charge in [-0.05, 0) is 148 Å². The van der Waals surface area contributed by atoms with Crippen LogP contribution >= 0.6 is 0 Å². The fraction of sp³-hybridized carbons (Fsp3) is 0.429. The molecule has 87 heavy (non-hydrogen) atoms. The van der Waals surface area contributed by atoms with Gasteiger partial charge in [-0.25, -0.2) is 56.6 Å². The maximum absolute atomic E-state index is 13.1. The standard InChI is InChI=1S/3C21H23FN6O/c3*22-17-6-7-19(23-12-17)26-9-10-27-18(13-26)11-16(21(27)29)4-1-3-15-5-2-8-28-20(15)24-14-25-28/h3*2,5-8,12,14,16,18H,1,3-4,9-11,13H2/t2*16-,18+;16-,18-/m101/s1. The van der Waals surface area contributed by atoms with Gasteiger partial charge in [-0.3, -0.25) is 14.4 Å². The van der Waals surface area contributed by atoms with Gasteiger partial charge in [-0.1, -0.05) is 18.2 Å². The summed E-state index contributed by atoms with van der Waals surface area (Å²) >= 11 is 0. The first-order valence-corrected chi connectivity index (χ1v) is 30.4. The Kier molecular flexibility index (Phi) is 16.7. The van der Waals surface area contributed by atoms with E-state index >= 15 is 0 Å². The first kappa shape index (κ1) is 57.0. The van der Waals surface area contributed by atoms with Gasteiger partial charge in [0.2, 0.25) is 17.7 Å². The summed E-state index contributed by atoms with van der Waals surface area (Å²) in [6.45, 7) is 6.63. The van der Waals surface area contributed by atoms with Crippen molar-refractivity contribution in [1.29, 1.82) is 0 Å². The minimum Gasteiger partial charge on any atom is -0.353 e. The number of aryl methyl sites for hydroxylation is 3. The Hall–Kier alpha value is -9.09. The van der Waals surface area contributed by atoms with Crippen LogP contribution in [0.25, 0.3) is 16.9 Å². The summed E-state index contributed by atoms with van der Waals surface area (Å²) in [5.74, 6) is 2.44. The number of fused-ring (bicyclic) bond motifs is 6. The maximum Gasteiger partial charge on any atom is 0.226 e. The molecule has 3 amide bonds. The zero-order valence-corrected chi connectivity index (χ0v) is 48.3. The van der Waals surface area contributed by atoms with Crippen LogP contribution in [0.2, 0.25) is 0 Å². The van der Waals surface area contributed by atoms with Gasteiger partial charge < -0.3 is 29.4 Å². The van der Waals surface area contributed by atoms with Crippen molar-refractivity contribution in [3.05, 3.63) is 163 Å². The highest BCUT2D eigenvalue weighted by molar-refractivity contribution is 5.83. The van der Waals surface area contributed by atoms with Crippen molar-refractivity contribution in [3.63, 3.8) is 0 Å². The molecular formula is C63H69F3N18O3. The topological polar surface area (TPSA) is 200 Å². The van der Waals surface area contributed by atoms with Gasteiger partial charge in [-0.2, -0.15) is 15.3 Å². The van der Waals surface area contributed by atoms with Gasteiger partial charge in [0.1, 0.15) is 53.9 Å². The van der Waals surface area contributed by atoms with Crippen molar-refractivity contribution in [1.82, 2.24) is 73.4 Å². The van der Waals surface area contributed by atoms with Gasteiger partial charge in [0.05, 0.1) is 36.7 Å². The summed E-state index contributed by atoms with van der Waals surface area (Å²) < 4.78 is 44.8. The van der Waals surface area contributed by atoms with Crippen LogP contribution in [0.3, 0.4) is 0 Å². The van der Waals surface area contributed by atoms with E-state index in [1.54, 1.807) is 50.7 Å². The number of pyridine rings is 6. The van der Waals surface area contributed by atoms with E-state index in [2.05, 4.69) is 78.1 Å². The quantitative estimate of drug-likeness (QED) is 0.102. The number of hydrogen-bond donors (Lipinski definition) is 0. The average molecular weight is 1180 g/mol. The lowest BCUT2D eigenvalue weighted by atomic mass is 9.96. The molecule has 6 aliphatic heterocycles. The molecule has 6 fully saturated rings. The Bertz CT molecular complexity index is 3450. The van der Waals surface area contributed by atoms with Crippen molar-refractivity contribution >= 4 is 52.1 Å². The molecular weight excluding hydrogens is 1110 g/mol. The molecule has 15 rings (SSSR count). The van der Waals surface area contributed by atoms with E-state index in [0.717, 1.165) is 151 Å². The van der Waals surface area contributed by atoms with Crippen LogP contribution in [0.15, 0.2) is 129 Å². The van der Waals surface area contributed by atoms with E-state index in [1.807, 2.05) is 51.5 Å². The normalized spacial score (nSPS) is 21.8. The van der Waals surface area contributed by atoms with E-state index in [-0.39, 0.29) is 71.1 Å². The third kappa shape index (κ3) is 12.5. The highest BCUT2D eigenvalue weighted by Gasteiger charge is 2.45. The molecule has 0 N–H and O–H groups in total. The molecule has 9 aromatic heterocycles. The van der Waals surface area contributed by atoms with Crippen LogP contribution in [0.5, 0.6) is 0 Å². The number of anilines is 3. The lowest BCUT2D eigenvalue weighted by Gasteiger charge is -2.38. The smallest absolute Gasteiger partial charge is 0.226 e. The second-order valence-electron chi connectivity index (χ2n) is 23.6. The summed E-state index contributed by atoms with van der Waals surface area (Å²) in [4.78, 5) is 76.7. The number of nitrogens with zero attached hydrogens (tertiary/aromatic N) is 18. The number of carbonyl (C=O) groups excluding carboxylic acids is 3. The molecule has 0 aromatic carbocycles. The zero-order valence-electron chi connectivity index (χ0n) is 48.3. The van der Waals surface area contributed by atoms with Crippen molar-refractivity contribution in [2.75, 3.05) is 73.6 Å². The van der Waals surface area contributed by atoms with Crippen LogP contribution in [-0.4, -0.2) is 168 Å². The predicted octanol–water partition coefficient (Wildman–Crippen LogP) is 6.97. The van der Waals surface area contributed by atoms with E-state index in [1.165, 1.54) is 53.5 Å². The van der Waals surface area contributed by atoms with E-state index < -0.39 is 0 Å². The van der Waals surface area contributed by atoms with Gasteiger partial charge in [0.25, 0.3) is 0 Å². The molecule has 15 heterocycles. The molecule has 0 spiro atoms. The molecule has 0 unspecified atom stereocenters. The highest BCUT2D eigenvalue weighted by atomic mass is 19.1. The number of amides is 3. The SMILES string of the molecule is O=C1[C@@H](CCCc2cccn3ncnc23)C[C@@H]2CN(c3ccc(F)cn3)CCN12.O=C1[C@H](CCCc2cccn3ncnc23)C[C@@H]2CN(c3ccc(F)cn3)CCN12.O=C1[C@H](CCCc2cccn3ncnc23)C[C@H]2CN(c3ccc(F)cn3)CCN12. The lowest BCUT2D eigenvalue weighted by Crippen LogP contribution is -2.51. The number of piperazine rings is 3. The number of hydrogen-bond acceptors (Lipinski definition) is 15. The zero-order chi connectivity index (χ0) is 59.4. The highest BCUT2D eigenvalue weighted by Crippen LogP contribution is 2.36. The molecule has 6 saturated heterocycles. The molecule has 0 saturated carbocycles. The summed E-state index contributed by atoms with van der Waals surface area (Å²) in [5.41, 5.74) is 6.19. The number of carbonyl (C=O) groups is 3. The third-order valence-electron chi connectivity index (χ3n) is 18.3. The summed E-state index contributed by atoms with van der Waals surface area (Å²) in [7, 11) is 0. The predicted molar refractivity (Wildman–Crippen MR) is 318 cm³/mol. The van der Waals surface area contributed by atoms with Gasteiger partial charge in [0.15, 0.2) is 16.9 Å². The summed E-state index contributed by atoms with van der Waals surface area (Å²) in [6.07, 6.45) is 25.0. The Labute approximate surface area is 500 Å². The lowest BCUT2D eigenvalue weighted by molar-refractivity contribution is -0.133. The number of halogens is 3. The van der Waals surface area contributed by atoms with Crippen LogP contribution in [-0.2, 0) is 33.6 Å². The second kappa shape index (κ2) is 25.5. The molecule has 0 aliphatic carbocycles. The van der Waals surface area contributed by atoms with Gasteiger partial charge in [0, 0.05) is 95.2 Å². The molecule has 6 atom stereocenters. The Morgan fingerprint density at radius 3 is 0.989 bits per heavy atom. The minimum absolute atomic E-state index is 0.0822. The molecule has 9 aromatic rings. The second-order valence-corrected chi connectivity index (χ2v) is 23.6. The monoisotopic (exact) mass is 1180 g/mol. The van der Waals surface area contributed by atoms with Gasteiger partial charge >= 0.3 is 0 Å². The molecule has 0 radical (unpaired) electrons. The van der Waals surface area contributed by atoms with Crippen molar-refractivity contribution in [2.24, 2.45) is 17.8 Å². The molecule has 0 bridgehead atoms. The number of rotatable bonds is 15. The van der Waals surface area contributed by atoms with Crippen LogP contribution in [0.1, 0.15) is 74.5 Å². The fourth-order valence-corrected chi connectivity index (χ4v) is 14.0. The maximum atomic E-state index is 13.1. The number of aromatic nitrogens is 12. The first-order chi connectivity index (χ1) is 42.6. The molecule has 6 aliphatic rings. The summed E-state index contributed by atoms with van der Waals surface area (Å²) in [6, 6.07) is 22.3. The molecule has 24 heteroatoms. The van der Waals surface area contributed by atoms with Crippen LogP contribution < -0.4 is 14.7 Å². The Balaban J connectivity index is 0.000000121. The van der Waals surface area contributed by atoms with Crippen LogP contribution in [0.4, 0.5) is 30.6 Å². The fourth-order valence-electron chi connectivity index (χ4n) is 14.0. The van der Waals surface area contributed by atoms with E-state index in [0.29, 0.717) is 19.6 Å². The van der Waals surface area contributed by atoms with Crippen LogP contribution in [0, 0.1) is 35.2 Å². The molecule has 450 valence electrons. The van der Waals surface area contributed by atoms with Gasteiger partial charge in [-0.15, -0.1) is 0 Å². The average Bonchev–Trinajstić information content (AvgIpc) is 3.59. The molecule has 21 nitrogen and oxygen atoms in total.